The lowest BCUT2D eigenvalue weighted by atomic mass is 9.55. The van der Waals surface area contributed by atoms with Crippen molar-refractivity contribution in [2.75, 3.05) is 0 Å². The summed E-state index contributed by atoms with van der Waals surface area (Å²) in [6, 6.07) is 7.82. The Hall–Kier alpha value is -3.24. The van der Waals surface area contributed by atoms with E-state index >= 15 is 0 Å². The topological polar surface area (TPSA) is 140 Å². The van der Waals surface area contributed by atoms with Crippen LogP contribution in [0.1, 0.15) is 83.0 Å². The van der Waals surface area contributed by atoms with Crippen LogP contribution in [0.25, 0.3) is 0 Å². The molecule has 9 nitrogen and oxygen atoms in total. The highest BCUT2D eigenvalue weighted by atomic mass is 32.2. The number of H-pyrrole nitrogens is 1. The summed E-state index contributed by atoms with van der Waals surface area (Å²) in [6.45, 7) is 4.73. The zero-order valence-electron chi connectivity index (χ0n) is 21.7. The minimum atomic E-state index is -4.08. The standard InChI is InChI=1S/C28H33N5O4S/c1-3-17-11-21-18(12-24(17)37-38(29,35)36)6-7-20-19(21)8-9-28(2)23(20)13-22-25(32-33-26(22)28)27(34)31-15-16-5-4-10-30-14-16/h4-5,10-12,14,19-20,23H,3,6-9,13,15H2,1-2H3,(H,31,34)(H,32,33)(H2,29,35,36). The van der Waals surface area contributed by atoms with Gasteiger partial charge in [-0.25, -0.2) is 0 Å². The first-order valence-electron chi connectivity index (χ1n) is 13.3. The van der Waals surface area contributed by atoms with Crippen molar-refractivity contribution >= 4 is 16.2 Å². The Bertz CT molecular complexity index is 1500. The maximum Gasteiger partial charge on any atom is 0.380 e. The largest absolute Gasteiger partial charge is 0.380 e. The zero-order chi connectivity index (χ0) is 26.7. The van der Waals surface area contributed by atoms with Gasteiger partial charge in [-0.05, 0) is 90.7 Å². The average Bonchev–Trinajstić information content (AvgIpc) is 3.44. The van der Waals surface area contributed by atoms with Gasteiger partial charge in [0, 0.05) is 35.6 Å². The summed E-state index contributed by atoms with van der Waals surface area (Å²) < 4.78 is 28.3. The Morgan fingerprint density at radius 1 is 1.32 bits per heavy atom. The van der Waals surface area contributed by atoms with E-state index in [1.165, 1.54) is 5.56 Å². The van der Waals surface area contributed by atoms with Crippen molar-refractivity contribution in [1.82, 2.24) is 20.5 Å². The number of nitrogens with one attached hydrogen (secondary N) is 2. The third-order valence-electron chi connectivity index (χ3n) is 9.14. The molecule has 200 valence electrons. The number of carbonyl (C=O) groups excluding carboxylic acids is 1. The van der Waals surface area contributed by atoms with E-state index in [1.54, 1.807) is 12.4 Å². The molecule has 1 aromatic carbocycles. The van der Waals surface area contributed by atoms with E-state index in [0.29, 0.717) is 42.2 Å². The van der Waals surface area contributed by atoms with Gasteiger partial charge in [-0.15, -0.1) is 0 Å². The molecular formula is C28H33N5O4S. The molecule has 10 heteroatoms. The van der Waals surface area contributed by atoms with Crippen molar-refractivity contribution < 1.29 is 17.4 Å². The van der Waals surface area contributed by atoms with Crippen LogP contribution >= 0.6 is 0 Å². The van der Waals surface area contributed by atoms with Crippen molar-refractivity contribution in [3.63, 3.8) is 0 Å². The maximum absolute atomic E-state index is 13.1. The minimum Gasteiger partial charge on any atom is -0.371 e. The fraction of sp³-hybridized carbons (Fsp3) is 0.464. The van der Waals surface area contributed by atoms with E-state index in [1.807, 2.05) is 25.1 Å². The Morgan fingerprint density at radius 3 is 2.89 bits per heavy atom. The van der Waals surface area contributed by atoms with Crippen LogP contribution < -0.4 is 14.6 Å². The molecule has 3 aliphatic carbocycles. The van der Waals surface area contributed by atoms with Crippen molar-refractivity contribution in [1.29, 1.82) is 0 Å². The molecule has 0 radical (unpaired) electrons. The molecule has 0 bridgehead atoms. The number of hydrogen-bond donors (Lipinski definition) is 3. The van der Waals surface area contributed by atoms with Crippen LogP contribution in [-0.4, -0.2) is 29.5 Å². The number of aromatic nitrogens is 3. The summed E-state index contributed by atoms with van der Waals surface area (Å²) >= 11 is 0. The first-order valence-corrected chi connectivity index (χ1v) is 14.8. The van der Waals surface area contributed by atoms with Gasteiger partial charge >= 0.3 is 10.3 Å². The highest BCUT2D eigenvalue weighted by Gasteiger charge is 2.55. The van der Waals surface area contributed by atoms with Gasteiger partial charge in [0.2, 0.25) is 0 Å². The van der Waals surface area contributed by atoms with Gasteiger partial charge in [0.25, 0.3) is 5.91 Å². The Kier molecular flexibility index (Phi) is 6.07. The Labute approximate surface area is 222 Å². The summed E-state index contributed by atoms with van der Waals surface area (Å²) in [5.74, 6) is 1.47. The monoisotopic (exact) mass is 535 g/mol. The van der Waals surface area contributed by atoms with E-state index in [-0.39, 0.29) is 11.3 Å². The molecule has 3 aliphatic rings. The summed E-state index contributed by atoms with van der Waals surface area (Å²) in [7, 11) is -4.08. The van der Waals surface area contributed by atoms with Gasteiger partial charge in [0.15, 0.2) is 5.69 Å². The third-order valence-corrected chi connectivity index (χ3v) is 9.55. The lowest BCUT2D eigenvalue weighted by Gasteiger charge is -2.49. The number of carbonyl (C=O) groups is 1. The van der Waals surface area contributed by atoms with E-state index in [0.717, 1.165) is 60.1 Å². The molecule has 1 amide bonds. The molecule has 2 aromatic heterocycles. The van der Waals surface area contributed by atoms with E-state index in [4.69, 9.17) is 9.32 Å². The molecule has 0 spiro atoms. The highest BCUT2D eigenvalue weighted by Crippen LogP contribution is 2.60. The van der Waals surface area contributed by atoms with E-state index < -0.39 is 10.3 Å². The summed E-state index contributed by atoms with van der Waals surface area (Å²) in [5.41, 5.74) is 6.90. The predicted molar refractivity (Wildman–Crippen MR) is 142 cm³/mol. The van der Waals surface area contributed by atoms with Crippen LogP contribution in [0.4, 0.5) is 0 Å². The number of amides is 1. The molecule has 4 atom stereocenters. The number of aromatic amines is 1. The second kappa shape index (κ2) is 9.20. The lowest BCUT2D eigenvalue weighted by Crippen LogP contribution is -2.43. The first-order chi connectivity index (χ1) is 18.2. The molecule has 4 N–H and O–H groups in total. The number of nitrogens with zero attached hydrogens (tertiary/aromatic N) is 2. The van der Waals surface area contributed by atoms with Crippen LogP contribution in [0.2, 0.25) is 0 Å². The second-order valence-corrected chi connectivity index (χ2v) is 12.3. The third kappa shape index (κ3) is 4.19. The quantitative estimate of drug-likeness (QED) is 0.442. The fourth-order valence-corrected chi connectivity index (χ4v) is 7.75. The molecule has 0 aliphatic heterocycles. The molecule has 1 fully saturated rings. The number of pyridine rings is 1. The summed E-state index contributed by atoms with van der Waals surface area (Å²) in [5, 5.41) is 15.9. The van der Waals surface area contributed by atoms with Crippen LogP contribution in [0.3, 0.4) is 0 Å². The molecule has 3 aromatic rings. The highest BCUT2D eigenvalue weighted by molar-refractivity contribution is 7.84. The fourth-order valence-electron chi connectivity index (χ4n) is 7.34. The molecule has 6 rings (SSSR count). The average molecular weight is 536 g/mol. The molecule has 38 heavy (non-hydrogen) atoms. The van der Waals surface area contributed by atoms with Gasteiger partial charge in [0.1, 0.15) is 5.75 Å². The SMILES string of the molecule is CCc1cc2c(cc1OS(N)(=O)=O)CCC1C2CCC2(C)c3[nH]nc(C(=O)NCc4cccnc4)c3CC12. The summed E-state index contributed by atoms with van der Waals surface area (Å²) in [6.07, 6.45) is 8.86. The van der Waals surface area contributed by atoms with Gasteiger partial charge in [-0.3, -0.25) is 14.9 Å². The van der Waals surface area contributed by atoms with Crippen LogP contribution in [-0.2, 0) is 41.5 Å². The van der Waals surface area contributed by atoms with E-state index in [2.05, 4.69) is 33.5 Å². The molecule has 4 unspecified atom stereocenters. The minimum absolute atomic E-state index is 0.0485. The molecular weight excluding hydrogens is 502 g/mol. The Balaban J connectivity index is 1.26. The Morgan fingerprint density at radius 2 is 2.16 bits per heavy atom. The van der Waals surface area contributed by atoms with E-state index in [9.17, 15) is 13.2 Å². The van der Waals surface area contributed by atoms with Crippen LogP contribution in [0.5, 0.6) is 5.75 Å². The van der Waals surface area contributed by atoms with Crippen LogP contribution in [0, 0.1) is 11.8 Å². The first kappa shape index (κ1) is 25.1. The van der Waals surface area contributed by atoms with Crippen molar-refractivity contribution in [2.45, 2.75) is 70.3 Å². The van der Waals surface area contributed by atoms with Crippen LogP contribution in [0.15, 0.2) is 36.7 Å². The molecule has 1 saturated carbocycles. The van der Waals surface area contributed by atoms with Crippen molar-refractivity contribution in [3.8, 4) is 5.75 Å². The molecule has 2 heterocycles. The number of rotatable bonds is 6. The number of fused-ring (bicyclic) bond motifs is 7. The lowest BCUT2D eigenvalue weighted by molar-refractivity contribution is 0.0937. The van der Waals surface area contributed by atoms with Crippen molar-refractivity contribution in [3.05, 3.63) is 75.9 Å². The number of aryl methyl sites for hydroxylation is 2. The normalized spacial score (nSPS) is 25.6. The maximum atomic E-state index is 13.1. The van der Waals surface area contributed by atoms with Gasteiger partial charge in [0.05, 0.1) is 0 Å². The van der Waals surface area contributed by atoms with Gasteiger partial charge < -0.3 is 9.50 Å². The predicted octanol–water partition coefficient (Wildman–Crippen LogP) is 3.45. The summed E-state index contributed by atoms with van der Waals surface area (Å²) in [4.78, 5) is 17.2. The number of hydrogen-bond acceptors (Lipinski definition) is 6. The second-order valence-electron chi connectivity index (χ2n) is 11.1. The smallest absolute Gasteiger partial charge is 0.371 e. The number of nitrogens with two attached hydrogens (primary N) is 1. The van der Waals surface area contributed by atoms with Gasteiger partial charge in [-0.1, -0.05) is 26.0 Å². The number of benzene rings is 1. The zero-order valence-corrected chi connectivity index (χ0v) is 22.5. The van der Waals surface area contributed by atoms with Crippen molar-refractivity contribution in [2.24, 2.45) is 17.0 Å². The van der Waals surface area contributed by atoms with Gasteiger partial charge in [-0.2, -0.15) is 18.7 Å². The molecule has 0 saturated heterocycles.